The van der Waals surface area contributed by atoms with E-state index >= 15 is 0 Å². The minimum absolute atomic E-state index is 0.0135. The number of halogens is 7. The molecule has 2 unspecified atom stereocenters. The molecule has 0 saturated carbocycles. The third-order valence-corrected chi connectivity index (χ3v) is 8.66. The lowest BCUT2D eigenvalue weighted by molar-refractivity contribution is -0.143. The van der Waals surface area contributed by atoms with E-state index in [2.05, 4.69) is 0 Å². The lowest BCUT2D eigenvalue weighted by atomic mass is 9.79. The first-order chi connectivity index (χ1) is 17.8. The molecule has 6 nitrogen and oxygen atoms in total. The summed E-state index contributed by atoms with van der Waals surface area (Å²) in [5.74, 6) is -2.72. The molecule has 0 radical (unpaired) electrons. The average molecular weight is 584 g/mol. The van der Waals surface area contributed by atoms with Crippen LogP contribution >= 0.6 is 0 Å². The van der Waals surface area contributed by atoms with Gasteiger partial charge in [-0.3, -0.25) is 4.79 Å². The molecule has 0 bridgehead atoms. The van der Waals surface area contributed by atoms with Crippen LogP contribution in [0, 0.1) is 18.7 Å². The van der Waals surface area contributed by atoms with Gasteiger partial charge in [-0.1, -0.05) is 6.07 Å². The zero-order chi connectivity index (χ0) is 29.5. The Bertz CT molecular complexity index is 1290. The molecule has 216 valence electrons. The Morgan fingerprint density at radius 1 is 0.974 bits per heavy atom. The van der Waals surface area contributed by atoms with Crippen LogP contribution in [0.4, 0.5) is 30.7 Å². The zero-order valence-electron chi connectivity index (χ0n) is 21.6. The summed E-state index contributed by atoms with van der Waals surface area (Å²) in [5, 5.41) is 0. The molecule has 2 aromatic carbocycles. The van der Waals surface area contributed by atoms with E-state index in [9.17, 15) is 43.9 Å². The lowest BCUT2D eigenvalue weighted by Gasteiger charge is -2.40. The lowest BCUT2D eigenvalue weighted by Crippen LogP contribution is -2.50. The number of piperidine rings is 1. The van der Waals surface area contributed by atoms with Crippen molar-refractivity contribution in [2.45, 2.75) is 38.2 Å². The summed E-state index contributed by atoms with van der Waals surface area (Å²) in [7, 11) is 0.0946. The number of amides is 1. The molecule has 1 aliphatic heterocycles. The first kappa shape index (κ1) is 30.8. The van der Waals surface area contributed by atoms with E-state index in [1.165, 1.54) is 43.6 Å². The third kappa shape index (κ3) is 6.90. The minimum atomic E-state index is -5.03. The van der Waals surface area contributed by atoms with E-state index in [1.54, 1.807) is 6.92 Å². The van der Waals surface area contributed by atoms with E-state index in [1.807, 2.05) is 0 Å². The number of hydrogen-bond donors (Lipinski definition) is 0. The Kier molecular flexibility index (Phi) is 8.73. The van der Waals surface area contributed by atoms with Gasteiger partial charge in [-0.05, 0) is 60.4 Å². The number of alkyl halides is 6. The van der Waals surface area contributed by atoms with Crippen molar-refractivity contribution in [2.24, 2.45) is 5.92 Å². The summed E-state index contributed by atoms with van der Waals surface area (Å²) in [5.41, 5.74) is -2.36. The molecule has 0 spiro atoms. The molecular formula is C25H28F7N3O3S. The molecule has 0 aliphatic carbocycles. The van der Waals surface area contributed by atoms with Gasteiger partial charge in [-0.25, -0.2) is 4.39 Å². The van der Waals surface area contributed by atoms with Crippen LogP contribution < -0.4 is 0 Å². The topological polar surface area (TPSA) is 60.9 Å². The summed E-state index contributed by atoms with van der Waals surface area (Å²) in [6.45, 7) is 0.893. The van der Waals surface area contributed by atoms with Crippen molar-refractivity contribution in [2.75, 3.05) is 34.2 Å². The van der Waals surface area contributed by atoms with Crippen molar-refractivity contribution >= 4 is 16.1 Å². The standard InChI is InChI=1S/C25H28F7N3O3S/c1-15-9-19(26)5-6-20(15)22-14-35(39(37,38)33(2)3)8-7-21(22)23(36)34(4)13-16-10-17(24(27,28)29)12-18(11-16)25(30,31)32/h5-6,9-12,21-22H,7-8,13-14H2,1-4H3. The summed E-state index contributed by atoms with van der Waals surface area (Å²) in [6.07, 6.45) is -10.0. The number of rotatable bonds is 6. The Morgan fingerprint density at radius 2 is 1.54 bits per heavy atom. The summed E-state index contributed by atoms with van der Waals surface area (Å²) in [4.78, 5) is 14.6. The van der Waals surface area contributed by atoms with Gasteiger partial charge in [0, 0.05) is 52.6 Å². The van der Waals surface area contributed by atoms with Crippen LogP contribution in [0.1, 0.15) is 40.2 Å². The molecule has 2 atom stereocenters. The monoisotopic (exact) mass is 583 g/mol. The first-order valence-corrected chi connectivity index (χ1v) is 13.2. The minimum Gasteiger partial charge on any atom is -0.341 e. The second kappa shape index (κ2) is 11.0. The van der Waals surface area contributed by atoms with E-state index in [4.69, 9.17) is 0 Å². The van der Waals surface area contributed by atoms with E-state index < -0.39 is 63.8 Å². The van der Waals surface area contributed by atoms with E-state index in [-0.39, 0.29) is 31.1 Å². The van der Waals surface area contributed by atoms with Gasteiger partial charge in [-0.2, -0.15) is 43.4 Å². The second-order valence-corrected chi connectivity index (χ2v) is 11.9. The van der Waals surface area contributed by atoms with Gasteiger partial charge in [0.05, 0.1) is 11.1 Å². The number of hydrogen-bond acceptors (Lipinski definition) is 3. The molecule has 1 heterocycles. The van der Waals surface area contributed by atoms with Crippen molar-refractivity contribution in [3.05, 3.63) is 70.0 Å². The molecule has 1 amide bonds. The van der Waals surface area contributed by atoms with Gasteiger partial charge < -0.3 is 4.90 Å². The van der Waals surface area contributed by atoms with E-state index in [0.29, 0.717) is 23.3 Å². The Hall–Kier alpha value is -2.71. The average Bonchev–Trinajstić information content (AvgIpc) is 2.81. The molecule has 1 aliphatic rings. The van der Waals surface area contributed by atoms with Crippen LogP contribution in [0.25, 0.3) is 0 Å². The van der Waals surface area contributed by atoms with Crippen molar-refractivity contribution in [3.63, 3.8) is 0 Å². The highest BCUT2D eigenvalue weighted by Crippen LogP contribution is 2.39. The first-order valence-electron chi connectivity index (χ1n) is 11.8. The van der Waals surface area contributed by atoms with Crippen molar-refractivity contribution < 1.29 is 43.9 Å². The van der Waals surface area contributed by atoms with Gasteiger partial charge in [0.1, 0.15) is 5.82 Å². The fourth-order valence-corrected chi connectivity index (χ4v) is 5.92. The summed E-state index contributed by atoms with van der Waals surface area (Å²) < 4.78 is 121. The summed E-state index contributed by atoms with van der Waals surface area (Å²) in [6, 6.07) is 5.00. The predicted octanol–water partition coefficient (Wildman–Crippen LogP) is 5.04. The van der Waals surface area contributed by atoms with Gasteiger partial charge in [-0.15, -0.1) is 0 Å². The molecule has 0 aromatic heterocycles. The van der Waals surface area contributed by atoms with Gasteiger partial charge >= 0.3 is 12.4 Å². The summed E-state index contributed by atoms with van der Waals surface area (Å²) >= 11 is 0. The fourth-order valence-electron chi connectivity index (χ4n) is 4.77. The largest absolute Gasteiger partial charge is 0.416 e. The van der Waals surface area contributed by atoms with Gasteiger partial charge in [0.15, 0.2) is 0 Å². The molecule has 1 saturated heterocycles. The quantitative estimate of drug-likeness (QED) is 0.448. The molecule has 1 fully saturated rings. The van der Waals surface area contributed by atoms with Crippen molar-refractivity contribution in [1.82, 2.24) is 13.5 Å². The van der Waals surface area contributed by atoms with Crippen LogP contribution in [0.5, 0.6) is 0 Å². The molecule has 39 heavy (non-hydrogen) atoms. The van der Waals surface area contributed by atoms with Gasteiger partial charge in [0.25, 0.3) is 10.2 Å². The third-order valence-electron chi connectivity index (χ3n) is 6.76. The van der Waals surface area contributed by atoms with Crippen molar-refractivity contribution in [1.29, 1.82) is 0 Å². The number of carbonyl (C=O) groups is 1. The maximum atomic E-state index is 13.8. The number of nitrogens with zero attached hydrogens (tertiary/aromatic N) is 3. The zero-order valence-corrected chi connectivity index (χ0v) is 22.4. The number of benzene rings is 2. The Morgan fingerprint density at radius 3 is 2.03 bits per heavy atom. The van der Waals surface area contributed by atoms with Crippen LogP contribution in [-0.4, -0.2) is 62.1 Å². The van der Waals surface area contributed by atoms with Gasteiger partial charge in [0.2, 0.25) is 5.91 Å². The molecule has 2 aromatic rings. The predicted molar refractivity (Wildman–Crippen MR) is 129 cm³/mol. The highest BCUT2D eigenvalue weighted by Gasteiger charge is 2.42. The van der Waals surface area contributed by atoms with Crippen LogP contribution in [-0.2, 0) is 33.9 Å². The highest BCUT2D eigenvalue weighted by molar-refractivity contribution is 7.86. The molecular weight excluding hydrogens is 555 g/mol. The normalized spacial score (nSPS) is 19.4. The van der Waals surface area contributed by atoms with E-state index in [0.717, 1.165) is 9.21 Å². The van der Waals surface area contributed by atoms with Crippen LogP contribution in [0.2, 0.25) is 0 Å². The van der Waals surface area contributed by atoms with Crippen LogP contribution in [0.3, 0.4) is 0 Å². The second-order valence-electron chi connectivity index (χ2n) is 9.76. The van der Waals surface area contributed by atoms with Crippen molar-refractivity contribution in [3.8, 4) is 0 Å². The Balaban J connectivity index is 1.96. The maximum absolute atomic E-state index is 13.8. The molecule has 3 rings (SSSR count). The smallest absolute Gasteiger partial charge is 0.341 e. The van der Waals surface area contributed by atoms with Crippen LogP contribution in [0.15, 0.2) is 36.4 Å². The molecule has 14 heteroatoms. The number of aryl methyl sites for hydroxylation is 1. The Labute approximate surface area is 222 Å². The highest BCUT2D eigenvalue weighted by atomic mass is 32.2. The maximum Gasteiger partial charge on any atom is 0.416 e. The SMILES string of the molecule is Cc1cc(F)ccc1C1CN(S(=O)(=O)N(C)C)CCC1C(=O)N(C)Cc1cc(C(F)(F)F)cc(C(F)(F)F)c1. The molecule has 0 N–H and O–H groups in total. The fraction of sp³-hybridized carbons (Fsp3) is 0.480. The number of carbonyl (C=O) groups excluding carboxylic acids is 1.